The highest BCUT2D eigenvalue weighted by Gasteiger charge is 2.37. The molecule has 0 saturated carbocycles. The lowest BCUT2D eigenvalue weighted by atomic mass is 10.1. The fraction of sp³-hybridized carbons (Fsp3) is 0.200. The molecule has 0 aliphatic carbocycles. The maximum atomic E-state index is 14.0. The molecular weight excluding hydrogens is 575 g/mol. The number of aromatic nitrogens is 3. The molecule has 1 saturated heterocycles. The number of carbonyl (C=O) groups is 2. The van der Waals surface area contributed by atoms with E-state index in [0.717, 1.165) is 10.5 Å². The first-order valence-electron chi connectivity index (χ1n) is 11.2. The fourth-order valence-electron chi connectivity index (χ4n) is 4.12. The number of fused-ring (bicyclic) bond motifs is 1. The highest BCUT2D eigenvalue weighted by Crippen LogP contribution is 2.35. The van der Waals surface area contributed by atoms with E-state index in [4.69, 9.17) is 11.6 Å². The zero-order chi connectivity index (χ0) is 26.3. The molecule has 2 aromatic carbocycles. The van der Waals surface area contributed by atoms with E-state index in [-0.39, 0.29) is 54.1 Å². The lowest BCUT2D eigenvalue weighted by Gasteiger charge is -2.34. The molecule has 190 valence electrons. The number of piperazine rings is 1. The second kappa shape index (κ2) is 9.79. The molecule has 0 N–H and O–H groups in total. The Labute approximate surface area is 222 Å². The quantitative estimate of drug-likeness (QED) is 0.318. The van der Waals surface area contributed by atoms with Crippen molar-refractivity contribution in [3.8, 4) is 11.3 Å². The molecule has 7 nitrogen and oxygen atoms in total. The summed E-state index contributed by atoms with van der Waals surface area (Å²) in [6, 6.07) is 16.3. The van der Waals surface area contributed by atoms with Crippen molar-refractivity contribution < 1.29 is 22.8 Å². The van der Waals surface area contributed by atoms with Crippen LogP contribution < -0.4 is 0 Å². The van der Waals surface area contributed by atoms with Crippen molar-refractivity contribution in [2.75, 3.05) is 26.2 Å². The van der Waals surface area contributed by atoms with Gasteiger partial charge in [0.1, 0.15) is 5.02 Å². The van der Waals surface area contributed by atoms with Crippen molar-refractivity contribution >= 4 is 45.0 Å². The number of alkyl halides is 3. The van der Waals surface area contributed by atoms with Gasteiger partial charge in [0.05, 0.1) is 5.69 Å². The molecule has 4 aromatic rings. The van der Waals surface area contributed by atoms with Crippen LogP contribution in [-0.2, 0) is 6.18 Å². The maximum absolute atomic E-state index is 14.0. The molecular formula is C25H18BrClF3N5O2. The van der Waals surface area contributed by atoms with Crippen LogP contribution in [0.4, 0.5) is 13.2 Å². The highest BCUT2D eigenvalue weighted by atomic mass is 79.9. The van der Waals surface area contributed by atoms with Crippen LogP contribution in [-0.4, -0.2) is 62.4 Å². The summed E-state index contributed by atoms with van der Waals surface area (Å²) in [4.78, 5) is 33.3. The predicted octanol–water partition coefficient (Wildman–Crippen LogP) is 5.43. The number of rotatable bonds is 3. The molecule has 0 spiro atoms. The second-order valence-electron chi connectivity index (χ2n) is 8.38. The molecule has 1 fully saturated rings. The minimum Gasteiger partial charge on any atom is -0.335 e. The van der Waals surface area contributed by atoms with Gasteiger partial charge in [-0.2, -0.15) is 18.3 Å². The largest absolute Gasteiger partial charge is 0.433 e. The third-order valence-electron chi connectivity index (χ3n) is 6.04. The van der Waals surface area contributed by atoms with Crippen LogP contribution in [0.15, 0.2) is 65.1 Å². The summed E-state index contributed by atoms with van der Waals surface area (Å²) < 4.78 is 43.2. The molecule has 2 amide bonds. The predicted molar refractivity (Wildman–Crippen MR) is 134 cm³/mol. The molecule has 0 bridgehead atoms. The molecule has 2 aromatic heterocycles. The van der Waals surface area contributed by atoms with Gasteiger partial charge in [-0.05, 0) is 30.3 Å². The highest BCUT2D eigenvalue weighted by molar-refractivity contribution is 9.10. The van der Waals surface area contributed by atoms with Crippen LogP contribution in [0.3, 0.4) is 0 Å². The third-order valence-corrected chi connectivity index (χ3v) is 6.92. The molecule has 37 heavy (non-hydrogen) atoms. The SMILES string of the molecule is O=C(c1ccccc1)N1CCN(C(=O)c2nn3c(C(F)(F)F)cc(-c4ccc(Br)cc4)nc3c2Cl)CC1. The summed E-state index contributed by atoms with van der Waals surface area (Å²) in [5.41, 5.74) is -0.666. The van der Waals surface area contributed by atoms with Crippen LogP contribution in [0.1, 0.15) is 26.5 Å². The first-order valence-corrected chi connectivity index (χ1v) is 12.4. The first kappa shape index (κ1) is 25.2. The number of amides is 2. The van der Waals surface area contributed by atoms with Gasteiger partial charge in [0.15, 0.2) is 17.0 Å². The Morgan fingerprint density at radius 2 is 1.49 bits per heavy atom. The van der Waals surface area contributed by atoms with Gasteiger partial charge in [0.2, 0.25) is 0 Å². The Hall–Kier alpha value is -3.44. The lowest BCUT2D eigenvalue weighted by Crippen LogP contribution is -2.50. The molecule has 0 atom stereocenters. The van der Waals surface area contributed by atoms with Crippen LogP contribution in [0.5, 0.6) is 0 Å². The van der Waals surface area contributed by atoms with E-state index >= 15 is 0 Å². The molecule has 0 unspecified atom stereocenters. The Kier molecular flexibility index (Phi) is 6.67. The summed E-state index contributed by atoms with van der Waals surface area (Å²) in [7, 11) is 0. The van der Waals surface area contributed by atoms with Gasteiger partial charge in [0, 0.05) is 41.8 Å². The topological polar surface area (TPSA) is 70.8 Å². The van der Waals surface area contributed by atoms with E-state index < -0.39 is 17.8 Å². The van der Waals surface area contributed by atoms with Crippen LogP contribution in [0.2, 0.25) is 5.02 Å². The Morgan fingerprint density at radius 1 is 0.892 bits per heavy atom. The molecule has 0 radical (unpaired) electrons. The van der Waals surface area contributed by atoms with Crippen LogP contribution in [0, 0.1) is 0 Å². The number of benzene rings is 2. The summed E-state index contributed by atoms with van der Waals surface area (Å²) in [5, 5.41) is 3.66. The second-order valence-corrected chi connectivity index (χ2v) is 9.67. The van der Waals surface area contributed by atoms with Gasteiger partial charge in [-0.15, -0.1) is 0 Å². The number of hydrogen-bond acceptors (Lipinski definition) is 4. The normalized spacial score (nSPS) is 14.3. The zero-order valence-electron chi connectivity index (χ0n) is 19.0. The molecule has 12 heteroatoms. The Morgan fingerprint density at radius 3 is 2.08 bits per heavy atom. The summed E-state index contributed by atoms with van der Waals surface area (Å²) in [6.45, 7) is 0.908. The monoisotopic (exact) mass is 591 g/mol. The minimum absolute atomic E-state index is 0.0427. The number of carbonyl (C=O) groups excluding carboxylic acids is 2. The van der Waals surface area contributed by atoms with Gasteiger partial charge < -0.3 is 9.80 Å². The van der Waals surface area contributed by atoms with Crippen molar-refractivity contribution in [2.45, 2.75) is 6.18 Å². The van der Waals surface area contributed by atoms with E-state index in [1.807, 2.05) is 6.07 Å². The van der Waals surface area contributed by atoms with Crippen LogP contribution in [0.25, 0.3) is 16.9 Å². The average molecular weight is 593 g/mol. The minimum atomic E-state index is -4.77. The van der Waals surface area contributed by atoms with Crippen molar-refractivity contribution in [1.82, 2.24) is 24.4 Å². The molecule has 5 rings (SSSR count). The summed E-state index contributed by atoms with van der Waals surface area (Å²) >= 11 is 9.70. The lowest BCUT2D eigenvalue weighted by molar-refractivity contribution is -0.142. The van der Waals surface area contributed by atoms with E-state index in [0.29, 0.717) is 15.6 Å². The Balaban J connectivity index is 1.44. The fourth-order valence-corrected chi connectivity index (χ4v) is 4.63. The standard InChI is InChI=1S/C25H18BrClF3N5O2/c26-17-8-6-15(7-9-17)18-14-19(25(28,29)30)35-22(31-18)20(27)21(32-35)24(37)34-12-10-33(11-13-34)23(36)16-4-2-1-3-5-16/h1-9,14H,10-13H2. The third kappa shape index (κ3) is 4.93. The maximum Gasteiger partial charge on any atom is 0.433 e. The summed E-state index contributed by atoms with van der Waals surface area (Å²) in [5.74, 6) is -0.779. The smallest absolute Gasteiger partial charge is 0.335 e. The average Bonchev–Trinajstić information content (AvgIpc) is 3.24. The number of hydrogen-bond donors (Lipinski definition) is 0. The van der Waals surface area contributed by atoms with Gasteiger partial charge in [0.25, 0.3) is 11.8 Å². The van der Waals surface area contributed by atoms with Crippen molar-refractivity contribution in [3.05, 3.63) is 87.1 Å². The van der Waals surface area contributed by atoms with E-state index in [2.05, 4.69) is 26.0 Å². The van der Waals surface area contributed by atoms with Gasteiger partial charge in [-0.1, -0.05) is 57.9 Å². The van der Waals surface area contributed by atoms with Gasteiger partial charge in [-0.25, -0.2) is 9.50 Å². The van der Waals surface area contributed by atoms with Crippen molar-refractivity contribution in [2.24, 2.45) is 0 Å². The van der Waals surface area contributed by atoms with E-state index in [1.165, 1.54) is 4.90 Å². The van der Waals surface area contributed by atoms with Crippen molar-refractivity contribution in [3.63, 3.8) is 0 Å². The number of nitrogens with zero attached hydrogens (tertiary/aromatic N) is 5. The first-order chi connectivity index (χ1) is 17.6. The zero-order valence-corrected chi connectivity index (χ0v) is 21.4. The number of halogens is 5. The van der Waals surface area contributed by atoms with E-state index in [1.54, 1.807) is 53.4 Å². The molecule has 1 aliphatic heterocycles. The Bertz CT molecular complexity index is 1480. The van der Waals surface area contributed by atoms with Gasteiger partial charge in [-0.3, -0.25) is 9.59 Å². The van der Waals surface area contributed by atoms with E-state index in [9.17, 15) is 22.8 Å². The summed E-state index contributed by atoms with van der Waals surface area (Å²) in [6.07, 6.45) is -4.77. The molecule has 3 heterocycles. The van der Waals surface area contributed by atoms with Gasteiger partial charge >= 0.3 is 6.18 Å². The van der Waals surface area contributed by atoms with Crippen LogP contribution >= 0.6 is 27.5 Å². The van der Waals surface area contributed by atoms with Crippen molar-refractivity contribution in [1.29, 1.82) is 0 Å². The molecule has 1 aliphatic rings.